The molecule has 2 nitrogen and oxygen atoms in total. The molecule has 0 radical (unpaired) electrons. The maximum absolute atomic E-state index is 5.69. The summed E-state index contributed by atoms with van der Waals surface area (Å²) in [6.07, 6.45) is 3.91. The zero-order chi connectivity index (χ0) is 11.4. The van der Waals surface area contributed by atoms with E-state index in [-0.39, 0.29) is 0 Å². The molecule has 0 amide bonds. The number of piperidine rings is 1. The van der Waals surface area contributed by atoms with E-state index in [0.717, 1.165) is 11.6 Å². The molecule has 1 fully saturated rings. The lowest BCUT2D eigenvalue weighted by Crippen LogP contribution is -2.34. The molecule has 1 aliphatic heterocycles. The fourth-order valence-electron chi connectivity index (χ4n) is 2.49. The molecule has 0 spiro atoms. The molecule has 2 heteroatoms. The van der Waals surface area contributed by atoms with E-state index in [9.17, 15) is 0 Å². The molecule has 1 aromatic rings. The first-order valence-electron chi connectivity index (χ1n) is 6.34. The smallest absolute Gasteiger partial charge is 0.0314 e. The molecule has 1 aromatic carbocycles. The summed E-state index contributed by atoms with van der Waals surface area (Å²) in [5, 5.41) is 0. The van der Waals surface area contributed by atoms with Gasteiger partial charge in [-0.15, -0.1) is 0 Å². The number of likely N-dealkylation sites (tertiary alicyclic amines) is 1. The molecule has 0 atom stereocenters. The molecule has 0 bridgehead atoms. The first-order chi connectivity index (χ1) is 7.78. The van der Waals surface area contributed by atoms with Crippen LogP contribution >= 0.6 is 0 Å². The van der Waals surface area contributed by atoms with Crippen molar-refractivity contribution in [3.05, 3.63) is 29.8 Å². The average molecular weight is 218 g/mol. The van der Waals surface area contributed by atoms with Gasteiger partial charge in [0.1, 0.15) is 0 Å². The Kier molecular flexibility index (Phi) is 3.83. The summed E-state index contributed by atoms with van der Waals surface area (Å²) in [6, 6.07) is 8.36. The molecule has 16 heavy (non-hydrogen) atoms. The van der Waals surface area contributed by atoms with E-state index in [1.54, 1.807) is 0 Å². The van der Waals surface area contributed by atoms with Crippen LogP contribution in [0.15, 0.2) is 24.3 Å². The van der Waals surface area contributed by atoms with Gasteiger partial charge in [0.15, 0.2) is 0 Å². The summed E-state index contributed by atoms with van der Waals surface area (Å²) in [6.45, 7) is 6.00. The molecule has 88 valence electrons. The number of anilines is 1. The lowest BCUT2D eigenvalue weighted by atomic mass is 9.90. The molecular weight excluding hydrogens is 196 g/mol. The van der Waals surface area contributed by atoms with Gasteiger partial charge in [0.2, 0.25) is 0 Å². The number of nitrogens with zero attached hydrogens (tertiary/aromatic N) is 1. The molecule has 1 saturated heterocycles. The van der Waals surface area contributed by atoms with Crippen LogP contribution in [0.25, 0.3) is 0 Å². The third-order valence-corrected chi connectivity index (χ3v) is 3.66. The monoisotopic (exact) mass is 218 g/mol. The van der Waals surface area contributed by atoms with E-state index in [2.05, 4.69) is 24.0 Å². The Labute approximate surface area is 98.4 Å². The van der Waals surface area contributed by atoms with Crippen molar-refractivity contribution in [2.75, 3.05) is 25.4 Å². The highest BCUT2D eigenvalue weighted by Gasteiger charge is 2.17. The van der Waals surface area contributed by atoms with Gasteiger partial charge in [-0.1, -0.05) is 19.1 Å². The van der Waals surface area contributed by atoms with Gasteiger partial charge in [0.05, 0.1) is 0 Å². The third kappa shape index (κ3) is 2.99. The number of rotatable bonds is 3. The molecule has 1 heterocycles. The lowest BCUT2D eigenvalue weighted by molar-refractivity contribution is 0.192. The van der Waals surface area contributed by atoms with Crippen molar-refractivity contribution in [2.45, 2.75) is 26.2 Å². The topological polar surface area (TPSA) is 29.3 Å². The minimum absolute atomic E-state index is 0.865. The van der Waals surface area contributed by atoms with Gasteiger partial charge in [-0.3, -0.25) is 0 Å². The highest BCUT2D eigenvalue weighted by atomic mass is 15.1. The Bertz CT molecular complexity index is 310. The lowest BCUT2D eigenvalue weighted by Gasteiger charge is -2.31. The van der Waals surface area contributed by atoms with E-state index < -0.39 is 0 Å². The fraction of sp³-hybridized carbons (Fsp3) is 0.571. The first kappa shape index (κ1) is 11.5. The van der Waals surface area contributed by atoms with Gasteiger partial charge in [-0.25, -0.2) is 0 Å². The van der Waals surface area contributed by atoms with Gasteiger partial charge >= 0.3 is 0 Å². The van der Waals surface area contributed by atoms with Crippen molar-refractivity contribution in [3.63, 3.8) is 0 Å². The Hall–Kier alpha value is -1.02. The molecule has 1 aliphatic rings. The van der Waals surface area contributed by atoms with E-state index in [4.69, 9.17) is 5.73 Å². The second-order valence-corrected chi connectivity index (χ2v) is 4.82. The summed E-state index contributed by atoms with van der Waals surface area (Å²) < 4.78 is 0. The summed E-state index contributed by atoms with van der Waals surface area (Å²) >= 11 is 0. The largest absolute Gasteiger partial charge is 0.399 e. The van der Waals surface area contributed by atoms with E-state index >= 15 is 0 Å². The summed E-state index contributed by atoms with van der Waals surface area (Å²) in [5.74, 6) is 0.867. The second kappa shape index (κ2) is 5.35. The maximum Gasteiger partial charge on any atom is 0.0314 e. The van der Waals surface area contributed by atoms with Gasteiger partial charge in [-0.05, 0) is 62.5 Å². The standard InChI is InChI=1S/C14H22N2/c1-2-16-9-7-13(8-10-16)11-12-3-5-14(15)6-4-12/h3-6,13H,2,7-11,15H2,1H3. The Morgan fingerprint density at radius 3 is 2.38 bits per heavy atom. The molecule has 2 N–H and O–H groups in total. The van der Waals surface area contributed by atoms with E-state index in [1.807, 2.05) is 12.1 Å². The number of hydrogen-bond acceptors (Lipinski definition) is 2. The molecule has 0 saturated carbocycles. The first-order valence-corrected chi connectivity index (χ1v) is 6.34. The van der Waals surface area contributed by atoms with Crippen molar-refractivity contribution in [2.24, 2.45) is 5.92 Å². The van der Waals surface area contributed by atoms with Crippen molar-refractivity contribution in [1.29, 1.82) is 0 Å². The van der Waals surface area contributed by atoms with E-state index in [1.165, 1.54) is 44.5 Å². The van der Waals surface area contributed by atoms with E-state index in [0.29, 0.717) is 0 Å². The summed E-state index contributed by atoms with van der Waals surface area (Å²) in [7, 11) is 0. The van der Waals surface area contributed by atoms with Crippen LogP contribution in [0.4, 0.5) is 5.69 Å². The molecular formula is C14H22N2. The van der Waals surface area contributed by atoms with Crippen molar-refractivity contribution >= 4 is 5.69 Å². The van der Waals surface area contributed by atoms with Crippen LogP contribution in [0.5, 0.6) is 0 Å². The molecule has 2 rings (SSSR count). The molecule has 0 aromatic heterocycles. The van der Waals surface area contributed by atoms with Crippen LogP contribution < -0.4 is 5.73 Å². The van der Waals surface area contributed by atoms with Crippen molar-refractivity contribution in [1.82, 2.24) is 4.90 Å². The Balaban J connectivity index is 1.84. The normalized spacial score (nSPS) is 18.8. The van der Waals surface area contributed by atoms with Crippen LogP contribution in [0.3, 0.4) is 0 Å². The van der Waals surface area contributed by atoms with Crippen LogP contribution in [-0.2, 0) is 6.42 Å². The highest BCUT2D eigenvalue weighted by Crippen LogP contribution is 2.21. The second-order valence-electron chi connectivity index (χ2n) is 4.82. The van der Waals surface area contributed by atoms with Crippen molar-refractivity contribution < 1.29 is 0 Å². The molecule has 0 unspecified atom stereocenters. The minimum atomic E-state index is 0.865. The van der Waals surface area contributed by atoms with Gasteiger partial charge in [0, 0.05) is 5.69 Å². The SMILES string of the molecule is CCN1CCC(Cc2ccc(N)cc2)CC1. The predicted molar refractivity (Wildman–Crippen MR) is 69.4 cm³/mol. The number of benzene rings is 1. The Morgan fingerprint density at radius 1 is 1.19 bits per heavy atom. The van der Waals surface area contributed by atoms with Gasteiger partial charge in [0.25, 0.3) is 0 Å². The van der Waals surface area contributed by atoms with Crippen molar-refractivity contribution in [3.8, 4) is 0 Å². The average Bonchev–Trinajstić information content (AvgIpc) is 2.33. The van der Waals surface area contributed by atoms with Crippen LogP contribution in [0.1, 0.15) is 25.3 Å². The fourth-order valence-corrected chi connectivity index (χ4v) is 2.49. The zero-order valence-electron chi connectivity index (χ0n) is 10.2. The highest BCUT2D eigenvalue weighted by molar-refractivity contribution is 5.39. The summed E-state index contributed by atoms with van der Waals surface area (Å²) in [4.78, 5) is 2.54. The Morgan fingerprint density at radius 2 is 1.81 bits per heavy atom. The maximum atomic E-state index is 5.69. The number of nitrogen functional groups attached to an aromatic ring is 1. The van der Waals surface area contributed by atoms with Crippen LogP contribution in [0.2, 0.25) is 0 Å². The number of nitrogens with two attached hydrogens (primary N) is 1. The zero-order valence-corrected chi connectivity index (χ0v) is 10.2. The van der Waals surface area contributed by atoms with Gasteiger partial charge in [-0.2, -0.15) is 0 Å². The van der Waals surface area contributed by atoms with Gasteiger partial charge < -0.3 is 10.6 Å². The number of hydrogen-bond donors (Lipinski definition) is 1. The van der Waals surface area contributed by atoms with Crippen LogP contribution in [0, 0.1) is 5.92 Å². The van der Waals surface area contributed by atoms with Crippen LogP contribution in [-0.4, -0.2) is 24.5 Å². The molecule has 0 aliphatic carbocycles. The summed E-state index contributed by atoms with van der Waals surface area (Å²) in [5.41, 5.74) is 7.99. The quantitative estimate of drug-likeness (QED) is 0.790. The predicted octanol–water partition coefficient (Wildman–Crippen LogP) is 2.54. The minimum Gasteiger partial charge on any atom is -0.399 e. The third-order valence-electron chi connectivity index (χ3n) is 3.66.